The van der Waals surface area contributed by atoms with Gasteiger partial charge >= 0.3 is 5.97 Å². The number of rotatable bonds is 3. The molecule has 1 saturated heterocycles. The van der Waals surface area contributed by atoms with Crippen molar-refractivity contribution < 1.29 is 19.1 Å². The number of carbonyl (C=O) groups is 2. The summed E-state index contributed by atoms with van der Waals surface area (Å²) in [5, 5.41) is 10.9. The maximum absolute atomic E-state index is 12.9. The van der Waals surface area contributed by atoms with Crippen LogP contribution < -0.4 is 0 Å². The van der Waals surface area contributed by atoms with Crippen LogP contribution in [0.3, 0.4) is 0 Å². The van der Waals surface area contributed by atoms with Crippen molar-refractivity contribution in [2.75, 3.05) is 6.54 Å². The number of furan rings is 1. The number of carboxylic acids is 1. The second-order valence-electron chi connectivity index (χ2n) is 6.77. The number of carbonyl (C=O) groups excluding carboxylic acids is 1. The molecule has 1 aliphatic rings. The molecule has 27 heavy (non-hydrogen) atoms. The number of carboxylic acid groups (broad SMARTS) is 1. The molecule has 1 aromatic heterocycles. The molecule has 0 radical (unpaired) electrons. The smallest absolute Gasteiger partial charge is 0.326 e. The van der Waals surface area contributed by atoms with Crippen LogP contribution in [0.1, 0.15) is 29.0 Å². The molecule has 1 atom stereocenters. The van der Waals surface area contributed by atoms with E-state index in [1.54, 1.807) is 0 Å². The van der Waals surface area contributed by atoms with Gasteiger partial charge in [-0.05, 0) is 49.1 Å². The minimum Gasteiger partial charge on any atom is -0.480 e. The van der Waals surface area contributed by atoms with E-state index in [9.17, 15) is 14.7 Å². The summed E-state index contributed by atoms with van der Waals surface area (Å²) in [5.41, 5.74) is 3.29. The Bertz CT molecular complexity index is 1040. The Hall–Kier alpha value is -2.79. The molecule has 0 aliphatic carbocycles. The zero-order valence-corrected chi connectivity index (χ0v) is 15.5. The predicted molar refractivity (Wildman–Crippen MR) is 103 cm³/mol. The molecule has 2 heterocycles. The zero-order chi connectivity index (χ0) is 19.1. The lowest BCUT2D eigenvalue weighted by atomic mass is 10.0. The van der Waals surface area contributed by atoms with Crippen LogP contribution in [-0.4, -0.2) is 34.5 Å². The minimum absolute atomic E-state index is 0.214. The molecule has 0 saturated carbocycles. The molecular formula is C21H18ClNO4. The highest BCUT2D eigenvalue weighted by atomic mass is 35.5. The summed E-state index contributed by atoms with van der Waals surface area (Å²) in [6.07, 6.45) is 1.16. The Labute approximate surface area is 161 Å². The molecule has 0 spiro atoms. The van der Waals surface area contributed by atoms with Crippen LogP contribution >= 0.6 is 11.6 Å². The number of hydrogen-bond acceptors (Lipinski definition) is 3. The normalized spacial score (nSPS) is 16.8. The summed E-state index contributed by atoms with van der Waals surface area (Å²) in [7, 11) is 0. The van der Waals surface area contributed by atoms with Gasteiger partial charge in [0.15, 0.2) is 5.76 Å². The third-order valence-corrected chi connectivity index (χ3v) is 5.36. The summed E-state index contributed by atoms with van der Waals surface area (Å²) in [6.45, 7) is 2.26. The van der Waals surface area contributed by atoms with E-state index in [2.05, 4.69) is 0 Å². The Morgan fingerprint density at radius 2 is 1.85 bits per heavy atom. The van der Waals surface area contributed by atoms with Crippen molar-refractivity contribution in [3.63, 3.8) is 0 Å². The monoisotopic (exact) mass is 383 g/mol. The molecule has 1 aliphatic heterocycles. The summed E-state index contributed by atoms with van der Waals surface area (Å²) in [5.74, 6) is -1.12. The van der Waals surface area contributed by atoms with Gasteiger partial charge in [-0.25, -0.2) is 4.79 Å². The van der Waals surface area contributed by atoms with Gasteiger partial charge in [0.1, 0.15) is 11.6 Å². The highest BCUT2D eigenvalue weighted by Gasteiger charge is 2.36. The van der Waals surface area contributed by atoms with Crippen molar-refractivity contribution in [2.45, 2.75) is 25.8 Å². The highest BCUT2D eigenvalue weighted by molar-refractivity contribution is 6.30. The summed E-state index contributed by atoms with van der Waals surface area (Å²) >= 11 is 5.95. The van der Waals surface area contributed by atoms with E-state index >= 15 is 0 Å². The lowest BCUT2D eigenvalue weighted by Crippen LogP contribution is -2.40. The van der Waals surface area contributed by atoms with E-state index in [-0.39, 0.29) is 11.7 Å². The van der Waals surface area contributed by atoms with Crippen LogP contribution in [0.5, 0.6) is 0 Å². The topological polar surface area (TPSA) is 70.8 Å². The number of fused-ring (bicyclic) bond motifs is 1. The van der Waals surface area contributed by atoms with Crippen LogP contribution in [0.4, 0.5) is 0 Å². The second kappa shape index (κ2) is 6.74. The van der Waals surface area contributed by atoms with Crippen molar-refractivity contribution in [3.8, 4) is 11.1 Å². The third kappa shape index (κ3) is 3.08. The van der Waals surface area contributed by atoms with Crippen LogP contribution in [-0.2, 0) is 4.79 Å². The number of benzene rings is 2. The molecule has 5 nitrogen and oxygen atoms in total. The molecule has 4 rings (SSSR count). The van der Waals surface area contributed by atoms with Gasteiger partial charge in [-0.1, -0.05) is 35.9 Å². The minimum atomic E-state index is -0.973. The van der Waals surface area contributed by atoms with Crippen LogP contribution in [0, 0.1) is 6.92 Å². The first-order valence-electron chi connectivity index (χ1n) is 8.78. The second-order valence-corrected chi connectivity index (χ2v) is 7.21. The average Bonchev–Trinajstić information content (AvgIpc) is 3.27. The fraction of sp³-hybridized carbons (Fsp3) is 0.238. The Morgan fingerprint density at radius 3 is 2.56 bits per heavy atom. The van der Waals surface area contributed by atoms with Gasteiger partial charge in [0, 0.05) is 22.5 Å². The first-order chi connectivity index (χ1) is 13.0. The van der Waals surface area contributed by atoms with E-state index in [0.717, 1.165) is 22.1 Å². The quantitative estimate of drug-likeness (QED) is 0.708. The van der Waals surface area contributed by atoms with E-state index in [1.165, 1.54) is 4.90 Å². The maximum atomic E-state index is 12.9. The maximum Gasteiger partial charge on any atom is 0.326 e. The largest absolute Gasteiger partial charge is 0.480 e. The predicted octanol–water partition coefficient (Wildman–Crippen LogP) is 4.75. The number of nitrogens with zero attached hydrogens (tertiary/aromatic N) is 1. The van der Waals surface area contributed by atoms with Crippen molar-refractivity contribution in [1.29, 1.82) is 0 Å². The molecule has 6 heteroatoms. The number of hydrogen-bond donors (Lipinski definition) is 1. The molecule has 3 aromatic rings. The average molecular weight is 384 g/mol. The number of aliphatic carboxylic acids is 1. The molecule has 1 fully saturated rings. The van der Waals surface area contributed by atoms with Crippen molar-refractivity contribution >= 4 is 34.4 Å². The number of aryl methyl sites for hydroxylation is 1. The first-order valence-corrected chi connectivity index (χ1v) is 9.16. The van der Waals surface area contributed by atoms with Crippen molar-refractivity contribution in [1.82, 2.24) is 4.90 Å². The van der Waals surface area contributed by atoms with Gasteiger partial charge in [0.25, 0.3) is 5.91 Å². The summed E-state index contributed by atoms with van der Waals surface area (Å²) < 4.78 is 5.88. The summed E-state index contributed by atoms with van der Waals surface area (Å²) in [4.78, 5) is 25.7. The van der Waals surface area contributed by atoms with Gasteiger partial charge in [0.2, 0.25) is 0 Å². The molecule has 1 N–H and O–H groups in total. The van der Waals surface area contributed by atoms with Gasteiger partial charge < -0.3 is 14.4 Å². The fourth-order valence-electron chi connectivity index (χ4n) is 3.65. The standard InChI is InChI=1S/C21H18ClNO4/c1-12-16-9-6-14(13-4-7-15(22)8-5-13)11-18(16)27-19(12)20(24)23-10-2-3-17(23)21(25)26/h4-9,11,17H,2-3,10H2,1H3,(H,25,26)/t17-/m0/s1. The Morgan fingerprint density at radius 1 is 1.15 bits per heavy atom. The molecule has 0 bridgehead atoms. The van der Waals surface area contributed by atoms with E-state index in [1.807, 2.05) is 49.4 Å². The van der Waals surface area contributed by atoms with E-state index < -0.39 is 12.0 Å². The SMILES string of the molecule is Cc1c(C(=O)N2CCC[C@H]2C(=O)O)oc2cc(-c3ccc(Cl)cc3)ccc12. The Kier molecular flexibility index (Phi) is 4.40. The number of likely N-dealkylation sites (tertiary alicyclic amines) is 1. The van der Waals surface area contributed by atoms with Crippen LogP contribution in [0.2, 0.25) is 5.02 Å². The number of amides is 1. The lowest BCUT2D eigenvalue weighted by Gasteiger charge is -2.20. The molecule has 2 aromatic carbocycles. The molecular weight excluding hydrogens is 366 g/mol. The number of halogens is 1. The molecule has 1 amide bonds. The molecule has 138 valence electrons. The van der Waals surface area contributed by atoms with Crippen molar-refractivity contribution in [3.05, 3.63) is 58.8 Å². The van der Waals surface area contributed by atoms with E-state index in [4.69, 9.17) is 16.0 Å². The van der Waals surface area contributed by atoms with Gasteiger partial charge in [-0.15, -0.1) is 0 Å². The van der Waals surface area contributed by atoms with Crippen molar-refractivity contribution in [2.24, 2.45) is 0 Å². The van der Waals surface area contributed by atoms with Gasteiger partial charge in [0.05, 0.1) is 0 Å². The lowest BCUT2D eigenvalue weighted by molar-refractivity contribution is -0.141. The highest BCUT2D eigenvalue weighted by Crippen LogP contribution is 2.32. The third-order valence-electron chi connectivity index (χ3n) is 5.11. The fourth-order valence-corrected chi connectivity index (χ4v) is 3.77. The van der Waals surface area contributed by atoms with Crippen LogP contribution in [0.15, 0.2) is 46.9 Å². The van der Waals surface area contributed by atoms with Gasteiger partial charge in [-0.2, -0.15) is 0 Å². The zero-order valence-electron chi connectivity index (χ0n) is 14.7. The van der Waals surface area contributed by atoms with E-state index in [0.29, 0.717) is 30.0 Å². The summed E-state index contributed by atoms with van der Waals surface area (Å²) in [6, 6.07) is 12.5. The van der Waals surface area contributed by atoms with Crippen LogP contribution in [0.25, 0.3) is 22.1 Å². The molecule has 0 unspecified atom stereocenters. The first kappa shape index (κ1) is 17.6. The Balaban J connectivity index is 1.72. The van der Waals surface area contributed by atoms with Gasteiger partial charge in [-0.3, -0.25) is 4.79 Å².